The van der Waals surface area contributed by atoms with Gasteiger partial charge in [-0.2, -0.15) is 5.26 Å². The number of carbonyl (C=O) groups excluding carboxylic acids is 4. The number of nitrogens with one attached hydrogen (secondary N) is 1. The van der Waals surface area contributed by atoms with Gasteiger partial charge in [0.2, 0.25) is 5.91 Å². The molecule has 8 nitrogen and oxygen atoms in total. The number of nitriles is 1. The first-order valence-electron chi connectivity index (χ1n) is 7.00. The van der Waals surface area contributed by atoms with Crippen LogP contribution >= 0.6 is 0 Å². The minimum absolute atomic E-state index is 0.223. The second-order valence-electron chi connectivity index (χ2n) is 5.32. The summed E-state index contributed by atoms with van der Waals surface area (Å²) in [5.74, 6) is -2.48. The lowest BCUT2D eigenvalue weighted by atomic mass is 10.2. The highest BCUT2D eigenvalue weighted by molar-refractivity contribution is 6.45. The number of hydrogen-bond donors (Lipinski definition) is 1. The molecule has 1 N–H and O–H groups in total. The van der Waals surface area contributed by atoms with E-state index in [1.807, 2.05) is 6.07 Å². The van der Waals surface area contributed by atoms with Crippen molar-refractivity contribution < 1.29 is 19.2 Å². The Bertz CT molecular complexity index is 763. The Morgan fingerprint density at radius 1 is 1.26 bits per heavy atom. The SMILES string of the molecule is N#Cc1cccc(NC(=O)CN2C(=O)C(=O)N(C3CC3)C2=O)c1. The molecular formula is C15H12N4O4. The van der Waals surface area contributed by atoms with E-state index in [1.165, 1.54) is 6.07 Å². The minimum atomic E-state index is -0.983. The van der Waals surface area contributed by atoms with Gasteiger partial charge in [0, 0.05) is 11.7 Å². The van der Waals surface area contributed by atoms with Gasteiger partial charge in [-0.15, -0.1) is 0 Å². The van der Waals surface area contributed by atoms with E-state index in [0.717, 1.165) is 4.90 Å². The van der Waals surface area contributed by atoms with Crippen molar-refractivity contribution in [1.82, 2.24) is 9.80 Å². The number of anilines is 1. The molecule has 5 amide bonds. The molecule has 0 aromatic heterocycles. The summed E-state index contributed by atoms with van der Waals surface area (Å²) in [5.41, 5.74) is 0.740. The van der Waals surface area contributed by atoms with Crippen LogP contribution in [0.15, 0.2) is 24.3 Å². The number of carbonyl (C=O) groups is 4. The predicted molar refractivity (Wildman–Crippen MR) is 76.8 cm³/mol. The molecule has 1 aliphatic heterocycles. The lowest BCUT2D eigenvalue weighted by Crippen LogP contribution is -2.39. The first kappa shape index (κ1) is 14.7. The number of amides is 5. The van der Waals surface area contributed by atoms with Crippen molar-refractivity contribution in [3.63, 3.8) is 0 Å². The maximum Gasteiger partial charge on any atom is 0.334 e. The number of rotatable bonds is 4. The largest absolute Gasteiger partial charge is 0.334 e. The maximum absolute atomic E-state index is 12.1. The van der Waals surface area contributed by atoms with Crippen LogP contribution in [0, 0.1) is 11.3 Å². The van der Waals surface area contributed by atoms with E-state index < -0.39 is 30.3 Å². The highest BCUT2D eigenvalue weighted by Gasteiger charge is 2.51. The Balaban J connectivity index is 1.68. The Labute approximate surface area is 131 Å². The first-order valence-corrected chi connectivity index (χ1v) is 7.00. The third kappa shape index (κ3) is 2.76. The second kappa shape index (κ2) is 5.53. The van der Waals surface area contributed by atoms with E-state index >= 15 is 0 Å². The summed E-state index contributed by atoms with van der Waals surface area (Å²) >= 11 is 0. The van der Waals surface area contributed by atoms with Gasteiger partial charge in [0.25, 0.3) is 0 Å². The van der Waals surface area contributed by atoms with Gasteiger partial charge in [-0.3, -0.25) is 19.3 Å². The van der Waals surface area contributed by atoms with Gasteiger partial charge in [-0.25, -0.2) is 9.69 Å². The molecule has 23 heavy (non-hydrogen) atoms. The molecular weight excluding hydrogens is 300 g/mol. The van der Waals surface area contributed by atoms with Crippen LogP contribution in [0.5, 0.6) is 0 Å². The van der Waals surface area contributed by atoms with Gasteiger partial charge in [0.15, 0.2) is 0 Å². The lowest BCUT2D eigenvalue weighted by Gasteiger charge is -2.14. The molecule has 1 heterocycles. The number of imide groups is 2. The van der Waals surface area contributed by atoms with Crippen LogP contribution < -0.4 is 5.32 Å². The average molecular weight is 312 g/mol. The molecule has 1 saturated carbocycles. The zero-order chi connectivity index (χ0) is 16.6. The van der Waals surface area contributed by atoms with Crippen LogP contribution in [-0.4, -0.2) is 46.1 Å². The van der Waals surface area contributed by atoms with Crippen molar-refractivity contribution in [2.75, 3.05) is 11.9 Å². The lowest BCUT2D eigenvalue weighted by molar-refractivity contribution is -0.143. The Morgan fingerprint density at radius 3 is 2.65 bits per heavy atom. The highest BCUT2D eigenvalue weighted by atomic mass is 16.2. The summed E-state index contributed by atoms with van der Waals surface area (Å²) in [6.45, 7) is -0.538. The normalized spacial score (nSPS) is 17.4. The predicted octanol–water partition coefficient (Wildman–Crippen LogP) is 0.450. The van der Waals surface area contributed by atoms with E-state index in [-0.39, 0.29) is 6.04 Å². The van der Waals surface area contributed by atoms with E-state index in [1.54, 1.807) is 18.2 Å². The Morgan fingerprint density at radius 2 is 2.00 bits per heavy atom. The number of urea groups is 1. The number of hydrogen-bond acceptors (Lipinski definition) is 5. The van der Waals surface area contributed by atoms with Crippen LogP contribution in [0.3, 0.4) is 0 Å². The third-order valence-electron chi connectivity index (χ3n) is 3.57. The van der Waals surface area contributed by atoms with E-state index in [0.29, 0.717) is 29.0 Å². The fourth-order valence-electron chi connectivity index (χ4n) is 2.33. The van der Waals surface area contributed by atoms with Crippen molar-refractivity contribution in [3.8, 4) is 6.07 Å². The van der Waals surface area contributed by atoms with Gasteiger partial charge in [0.05, 0.1) is 11.6 Å². The van der Waals surface area contributed by atoms with E-state index in [2.05, 4.69) is 5.32 Å². The molecule has 1 aliphatic carbocycles. The Hall–Kier alpha value is -3.21. The standard InChI is InChI=1S/C15H12N4O4/c16-7-9-2-1-3-10(6-9)17-12(20)8-18-13(21)14(22)19(15(18)23)11-4-5-11/h1-3,6,11H,4-5,8H2,(H,17,20). The van der Waals surface area contributed by atoms with Crippen molar-refractivity contribution in [2.24, 2.45) is 0 Å². The summed E-state index contributed by atoms with van der Waals surface area (Å²) in [7, 11) is 0. The third-order valence-corrected chi connectivity index (χ3v) is 3.57. The topological polar surface area (TPSA) is 111 Å². The molecule has 0 bridgehead atoms. The summed E-state index contributed by atoms with van der Waals surface area (Å²) in [6, 6.07) is 7.19. The van der Waals surface area contributed by atoms with Crippen molar-refractivity contribution in [1.29, 1.82) is 5.26 Å². The van der Waals surface area contributed by atoms with Gasteiger partial charge >= 0.3 is 17.8 Å². The van der Waals surface area contributed by atoms with Crippen molar-refractivity contribution in [2.45, 2.75) is 18.9 Å². The molecule has 1 saturated heterocycles. The summed E-state index contributed by atoms with van der Waals surface area (Å²) < 4.78 is 0. The zero-order valence-electron chi connectivity index (χ0n) is 12.0. The average Bonchev–Trinajstić information content (AvgIpc) is 3.33. The molecule has 0 spiro atoms. The number of nitrogens with zero attached hydrogens (tertiary/aromatic N) is 3. The molecule has 116 valence electrons. The smallest absolute Gasteiger partial charge is 0.324 e. The molecule has 1 aromatic carbocycles. The quantitative estimate of drug-likeness (QED) is 0.641. The minimum Gasteiger partial charge on any atom is -0.324 e. The van der Waals surface area contributed by atoms with Crippen molar-refractivity contribution >= 4 is 29.4 Å². The molecule has 1 aromatic rings. The maximum atomic E-state index is 12.1. The zero-order valence-corrected chi connectivity index (χ0v) is 12.0. The molecule has 2 fully saturated rings. The second-order valence-corrected chi connectivity index (χ2v) is 5.32. The highest BCUT2D eigenvalue weighted by Crippen LogP contribution is 2.30. The van der Waals surface area contributed by atoms with Gasteiger partial charge in [0.1, 0.15) is 6.54 Å². The van der Waals surface area contributed by atoms with Gasteiger partial charge in [-0.05, 0) is 31.0 Å². The van der Waals surface area contributed by atoms with Gasteiger partial charge < -0.3 is 5.32 Å². The molecule has 0 unspecified atom stereocenters. The fourth-order valence-corrected chi connectivity index (χ4v) is 2.33. The summed E-state index contributed by atoms with van der Waals surface area (Å²) in [6.07, 6.45) is 1.37. The van der Waals surface area contributed by atoms with Crippen LogP contribution in [0.2, 0.25) is 0 Å². The Kier molecular flexibility index (Phi) is 3.54. The summed E-state index contributed by atoms with van der Waals surface area (Å²) in [4.78, 5) is 49.3. The molecule has 2 aliphatic rings. The fraction of sp³-hybridized carbons (Fsp3) is 0.267. The summed E-state index contributed by atoms with van der Waals surface area (Å²) in [5, 5.41) is 11.3. The molecule has 0 atom stereocenters. The molecule has 3 rings (SSSR count). The van der Waals surface area contributed by atoms with Crippen molar-refractivity contribution in [3.05, 3.63) is 29.8 Å². The van der Waals surface area contributed by atoms with Crippen LogP contribution in [0.1, 0.15) is 18.4 Å². The number of benzene rings is 1. The van der Waals surface area contributed by atoms with Crippen LogP contribution in [0.4, 0.5) is 10.5 Å². The van der Waals surface area contributed by atoms with Crippen LogP contribution in [0.25, 0.3) is 0 Å². The first-order chi connectivity index (χ1) is 11.0. The monoisotopic (exact) mass is 312 g/mol. The van der Waals surface area contributed by atoms with E-state index in [4.69, 9.17) is 5.26 Å². The molecule has 0 radical (unpaired) electrons. The molecule has 8 heteroatoms. The van der Waals surface area contributed by atoms with Crippen LogP contribution in [-0.2, 0) is 14.4 Å². The van der Waals surface area contributed by atoms with E-state index in [9.17, 15) is 19.2 Å². The van der Waals surface area contributed by atoms with Gasteiger partial charge in [-0.1, -0.05) is 6.07 Å².